The lowest BCUT2D eigenvalue weighted by atomic mass is 9.82. The van der Waals surface area contributed by atoms with E-state index in [0.29, 0.717) is 16.5 Å². The highest BCUT2D eigenvalue weighted by molar-refractivity contribution is 5.95. The summed E-state index contributed by atoms with van der Waals surface area (Å²) in [4.78, 5) is 28.4. The molecule has 28 heavy (non-hydrogen) atoms. The lowest BCUT2D eigenvalue weighted by molar-refractivity contribution is -0.139. The fourth-order valence-electron chi connectivity index (χ4n) is 3.52. The van der Waals surface area contributed by atoms with Crippen LogP contribution in [-0.2, 0) is 9.53 Å². The van der Waals surface area contributed by atoms with Crippen LogP contribution in [0.3, 0.4) is 0 Å². The Morgan fingerprint density at radius 1 is 1.21 bits per heavy atom. The van der Waals surface area contributed by atoms with E-state index in [4.69, 9.17) is 15.2 Å². The van der Waals surface area contributed by atoms with E-state index in [2.05, 4.69) is 4.98 Å². The highest BCUT2D eigenvalue weighted by atomic mass is 16.5. The lowest BCUT2D eigenvalue weighted by Gasteiger charge is -2.28. The van der Waals surface area contributed by atoms with Gasteiger partial charge in [0.25, 0.3) is 5.56 Å². The summed E-state index contributed by atoms with van der Waals surface area (Å²) < 4.78 is 10.9. The molecule has 0 saturated heterocycles. The van der Waals surface area contributed by atoms with E-state index in [-0.39, 0.29) is 35.1 Å². The maximum Gasteiger partial charge on any atom is 0.340 e. The number of esters is 1. The molecule has 0 bridgehead atoms. The minimum absolute atomic E-state index is 0.0170. The Morgan fingerprint density at radius 3 is 2.68 bits per heavy atom. The van der Waals surface area contributed by atoms with E-state index in [1.54, 1.807) is 49.4 Å². The molecule has 1 aliphatic rings. The molecule has 0 spiro atoms. The first-order valence-electron chi connectivity index (χ1n) is 8.80. The Kier molecular flexibility index (Phi) is 4.27. The smallest absolute Gasteiger partial charge is 0.340 e. The summed E-state index contributed by atoms with van der Waals surface area (Å²) in [6, 6.07) is 13.6. The Bertz CT molecular complexity index is 1180. The number of para-hydroxylation sites is 2. The molecule has 7 heteroatoms. The van der Waals surface area contributed by atoms with Crippen LogP contribution in [0.25, 0.3) is 10.9 Å². The molecule has 7 nitrogen and oxygen atoms in total. The zero-order valence-electron chi connectivity index (χ0n) is 15.1. The Labute approximate surface area is 160 Å². The van der Waals surface area contributed by atoms with Crippen molar-refractivity contribution in [2.24, 2.45) is 5.73 Å². The summed E-state index contributed by atoms with van der Waals surface area (Å²) >= 11 is 0. The van der Waals surface area contributed by atoms with Gasteiger partial charge in [-0.3, -0.25) is 4.79 Å². The molecule has 0 unspecified atom stereocenters. The van der Waals surface area contributed by atoms with Crippen molar-refractivity contribution in [3.05, 3.63) is 81.5 Å². The molecule has 1 aliphatic heterocycles. The maximum absolute atomic E-state index is 13.0. The van der Waals surface area contributed by atoms with Crippen LogP contribution in [0, 0.1) is 0 Å². The molecule has 4 rings (SSSR count). The monoisotopic (exact) mass is 378 g/mol. The lowest BCUT2D eigenvalue weighted by Crippen LogP contribution is -2.32. The topological polar surface area (TPSA) is 115 Å². The molecule has 2 heterocycles. The molecule has 0 amide bonds. The summed E-state index contributed by atoms with van der Waals surface area (Å²) in [5, 5.41) is 11.1. The SMILES string of the molecule is CCOC(=O)C1=C(N)Oc2c(c(=O)[nH]c3ccccc23)[C@@H]1c1ccccc1O. The second-order valence-electron chi connectivity index (χ2n) is 6.33. The van der Waals surface area contributed by atoms with Crippen LogP contribution >= 0.6 is 0 Å². The second-order valence-corrected chi connectivity index (χ2v) is 6.33. The summed E-state index contributed by atoms with van der Waals surface area (Å²) in [5.74, 6) is -1.60. The van der Waals surface area contributed by atoms with E-state index in [9.17, 15) is 14.7 Å². The van der Waals surface area contributed by atoms with Crippen molar-refractivity contribution in [3.8, 4) is 11.5 Å². The predicted octanol–water partition coefficient (Wildman–Crippen LogP) is 2.49. The van der Waals surface area contributed by atoms with Gasteiger partial charge < -0.3 is 25.3 Å². The summed E-state index contributed by atoms with van der Waals surface area (Å²) in [6.45, 7) is 1.80. The zero-order chi connectivity index (χ0) is 19.8. The number of H-pyrrole nitrogens is 1. The van der Waals surface area contributed by atoms with Gasteiger partial charge in [0.2, 0.25) is 5.88 Å². The quantitative estimate of drug-likeness (QED) is 0.603. The number of aromatic hydroxyl groups is 1. The largest absolute Gasteiger partial charge is 0.508 e. The normalized spacial score (nSPS) is 15.8. The summed E-state index contributed by atoms with van der Waals surface area (Å²) in [5.41, 5.74) is 6.79. The number of pyridine rings is 1. The number of phenols is 1. The van der Waals surface area contributed by atoms with Crippen molar-refractivity contribution in [2.75, 3.05) is 6.61 Å². The van der Waals surface area contributed by atoms with Crippen molar-refractivity contribution in [2.45, 2.75) is 12.8 Å². The van der Waals surface area contributed by atoms with Crippen LogP contribution < -0.4 is 16.0 Å². The number of nitrogens with two attached hydrogens (primary N) is 1. The molecule has 0 fully saturated rings. The third-order valence-corrected chi connectivity index (χ3v) is 4.71. The average Bonchev–Trinajstić information content (AvgIpc) is 2.67. The number of nitrogens with one attached hydrogen (secondary N) is 1. The average molecular weight is 378 g/mol. The first-order chi connectivity index (χ1) is 13.5. The van der Waals surface area contributed by atoms with Gasteiger partial charge in [-0.2, -0.15) is 0 Å². The molecule has 4 N–H and O–H groups in total. The number of ether oxygens (including phenoxy) is 2. The van der Waals surface area contributed by atoms with Gasteiger partial charge in [-0.15, -0.1) is 0 Å². The van der Waals surface area contributed by atoms with E-state index < -0.39 is 17.4 Å². The third kappa shape index (κ3) is 2.68. The Morgan fingerprint density at radius 2 is 1.93 bits per heavy atom. The zero-order valence-corrected chi connectivity index (χ0v) is 15.1. The number of aromatic nitrogens is 1. The number of hydrogen-bond acceptors (Lipinski definition) is 6. The molecule has 0 radical (unpaired) electrons. The van der Waals surface area contributed by atoms with Gasteiger partial charge in [0.15, 0.2) is 0 Å². The van der Waals surface area contributed by atoms with Crippen molar-refractivity contribution in [1.29, 1.82) is 0 Å². The fraction of sp³-hybridized carbons (Fsp3) is 0.143. The number of benzene rings is 2. The van der Waals surface area contributed by atoms with Gasteiger partial charge in [0.05, 0.1) is 23.6 Å². The minimum Gasteiger partial charge on any atom is -0.508 e. The number of rotatable bonds is 3. The van der Waals surface area contributed by atoms with E-state index in [1.165, 1.54) is 6.07 Å². The molecule has 1 atom stereocenters. The molecule has 1 aromatic heterocycles. The highest BCUT2D eigenvalue weighted by Gasteiger charge is 2.39. The molecule has 3 aromatic rings. The van der Waals surface area contributed by atoms with Crippen LogP contribution in [0.5, 0.6) is 11.5 Å². The van der Waals surface area contributed by atoms with Gasteiger partial charge in [0.1, 0.15) is 17.1 Å². The predicted molar refractivity (Wildman–Crippen MR) is 103 cm³/mol. The molecule has 142 valence electrons. The van der Waals surface area contributed by atoms with E-state index in [1.807, 2.05) is 0 Å². The van der Waals surface area contributed by atoms with Crippen molar-refractivity contribution in [3.63, 3.8) is 0 Å². The number of fused-ring (bicyclic) bond motifs is 3. The van der Waals surface area contributed by atoms with Crippen LogP contribution in [0.1, 0.15) is 24.0 Å². The van der Waals surface area contributed by atoms with Crippen molar-refractivity contribution >= 4 is 16.9 Å². The standard InChI is InChI=1S/C21H18N2O5/c1-2-27-21(26)17-15(12-8-4-6-10-14(12)24)16-18(28-19(17)22)11-7-3-5-9-13(11)23-20(16)25/h3-10,15,24H,2,22H2,1H3,(H,23,25)/t15-/m0/s1. The van der Waals surface area contributed by atoms with Crippen molar-refractivity contribution < 1.29 is 19.4 Å². The molecule has 2 aromatic carbocycles. The minimum atomic E-state index is -0.933. The highest BCUT2D eigenvalue weighted by Crippen LogP contribution is 2.45. The van der Waals surface area contributed by atoms with Gasteiger partial charge >= 0.3 is 5.97 Å². The fourth-order valence-corrected chi connectivity index (χ4v) is 3.52. The maximum atomic E-state index is 13.0. The summed E-state index contributed by atoms with van der Waals surface area (Å²) in [6.07, 6.45) is 0. The number of carbonyl (C=O) groups is 1. The van der Waals surface area contributed by atoms with Crippen molar-refractivity contribution in [1.82, 2.24) is 4.98 Å². The van der Waals surface area contributed by atoms with Gasteiger partial charge in [-0.05, 0) is 25.1 Å². The van der Waals surface area contributed by atoms with Crippen LogP contribution in [0.15, 0.2) is 64.8 Å². The first-order valence-corrected chi connectivity index (χ1v) is 8.80. The molecule has 0 aliphatic carbocycles. The van der Waals surface area contributed by atoms with Gasteiger partial charge in [-0.1, -0.05) is 30.3 Å². The third-order valence-electron chi connectivity index (χ3n) is 4.71. The Balaban J connectivity index is 2.07. The molecule has 0 saturated carbocycles. The summed E-state index contributed by atoms with van der Waals surface area (Å²) in [7, 11) is 0. The molecular weight excluding hydrogens is 360 g/mol. The number of aromatic amines is 1. The van der Waals surface area contributed by atoms with Gasteiger partial charge in [0, 0.05) is 10.9 Å². The molecular formula is C21H18N2O5. The van der Waals surface area contributed by atoms with Crippen LogP contribution in [-0.4, -0.2) is 22.7 Å². The number of phenolic OH excluding ortho intramolecular Hbond substituents is 1. The number of carbonyl (C=O) groups excluding carboxylic acids is 1. The van der Waals surface area contributed by atoms with E-state index >= 15 is 0 Å². The van der Waals surface area contributed by atoms with E-state index in [0.717, 1.165) is 0 Å². The van der Waals surface area contributed by atoms with Crippen LogP contribution in [0.4, 0.5) is 0 Å². The van der Waals surface area contributed by atoms with Crippen LogP contribution in [0.2, 0.25) is 0 Å². The second kappa shape index (κ2) is 6.77. The Hall–Kier alpha value is -3.74. The van der Waals surface area contributed by atoms with Gasteiger partial charge in [-0.25, -0.2) is 4.79 Å². The number of hydrogen-bond donors (Lipinski definition) is 3. The first kappa shape index (κ1) is 17.7.